The van der Waals surface area contributed by atoms with E-state index in [0.717, 1.165) is 22.4 Å². The van der Waals surface area contributed by atoms with Gasteiger partial charge in [-0.15, -0.1) is 0 Å². The van der Waals surface area contributed by atoms with Crippen LogP contribution in [0.2, 0.25) is 0 Å². The topological polar surface area (TPSA) is 92.6 Å². The molecule has 3 heterocycles. The summed E-state index contributed by atoms with van der Waals surface area (Å²) in [6.07, 6.45) is 5.73. The number of nitrogens with one attached hydrogen (secondary N) is 1. The number of benzene rings is 1. The number of fused-ring (bicyclic) bond motifs is 1. The molecule has 0 unspecified atom stereocenters. The van der Waals surface area contributed by atoms with Crippen LogP contribution in [0.1, 0.15) is 5.82 Å². The van der Waals surface area contributed by atoms with Crippen molar-refractivity contribution in [2.75, 3.05) is 13.6 Å². The molecule has 0 saturated carbocycles. The summed E-state index contributed by atoms with van der Waals surface area (Å²) in [6.45, 7) is 0.807. The third-order valence-corrected chi connectivity index (χ3v) is 4.39. The molecule has 4 rings (SSSR count). The summed E-state index contributed by atoms with van der Waals surface area (Å²) < 4.78 is 1.86. The van der Waals surface area contributed by atoms with E-state index in [1.165, 1.54) is 0 Å². The van der Waals surface area contributed by atoms with Gasteiger partial charge >= 0.3 is 0 Å². The molecule has 0 radical (unpaired) electrons. The molecule has 0 aliphatic heterocycles. The quantitative estimate of drug-likeness (QED) is 0.566. The van der Waals surface area contributed by atoms with E-state index in [1.54, 1.807) is 30.7 Å². The third-order valence-electron chi connectivity index (χ3n) is 4.39. The number of likely N-dealkylation sites (N-methyl/N-ethyl adjacent to an activating group) is 1. The number of amides is 1. The Bertz CT molecular complexity index is 1050. The molecule has 0 fully saturated rings. The summed E-state index contributed by atoms with van der Waals surface area (Å²) in [5.74, 6) is 1.36. The number of H-pyrrole nitrogens is 1. The van der Waals surface area contributed by atoms with Gasteiger partial charge in [-0.2, -0.15) is 5.10 Å². The normalized spacial score (nSPS) is 11.0. The molecule has 0 spiro atoms. The number of hydrogen-bond donors (Lipinski definition) is 1. The maximum Gasteiger partial charge on any atom is 0.242 e. The van der Waals surface area contributed by atoms with Gasteiger partial charge in [-0.3, -0.25) is 14.9 Å². The summed E-state index contributed by atoms with van der Waals surface area (Å²) in [7, 11) is 1.79. The first kappa shape index (κ1) is 16.9. The molecule has 136 valence electrons. The lowest BCUT2D eigenvalue weighted by Crippen LogP contribution is -2.32. The van der Waals surface area contributed by atoms with E-state index in [-0.39, 0.29) is 12.5 Å². The Hall–Kier alpha value is -3.55. The highest BCUT2D eigenvalue weighted by atomic mass is 16.2. The monoisotopic (exact) mass is 361 g/mol. The molecule has 4 aromatic rings. The number of rotatable bonds is 6. The zero-order valence-electron chi connectivity index (χ0n) is 14.9. The maximum atomic E-state index is 12.5. The van der Waals surface area contributed by atoms with Crippen molar-refractivity contribution in [2.24, 2.45) is 0 Å². The summed E-state index contributed by atoms with van der Waals surface area (Å²) in [5, 5.41) is 7.14. The number of aromatic nitrogens is 6. The summed E-state index contributed by atoms with van der Waals surface area (Å²) in [5.41, 5.74) is 2.70. The Morgan fingerprint density at radius 1 is 1.22 bits per heavy atom. The van der Waals surface area contributed by atoms with Gasteiger partial charge < -0.3 is 9.47 Å². The number of nitrogens with zero attached hydrogens (tertiary/aromatic N) is 6. The van der Waals surface area contributed by atoms with Crippen LogP contribution in [0.3, 0.4) is 0 Å². The molecule has 1 aromatic carbocycles. The fourth-order valence-corrected chi connectivity index (χ4v) is 2.83. The van der Waals surface area contributed by atoms with Crippen molar-refractivity contribution in [3.8, 4) is 11.4 Å². The first-order valence-corrected chi connectivity index (χ1v) is 8.66. The van der Waals surface area contributed by atoms with E-state index in [9.17, 15) is 4.79 Å². The van der Waals surface area contributed by atoms with Crippen LogP contribution >= 0.6 is 0 Å². The number of para-hydroxylation sites is 2. The lowest BCUT2D eigenvalue weighted by Gasteiger charge is -2.17. The van der Waals surface area contributed by atoms with E-state index >= 15 is 0 Å². The van der Waals surface area contributed by atoms with Crippen LogP contribution in [0.5, 0.6) is 0 Å². The lowest BCUT2D eigenvalue weighted by atomic mass is 10.3. The van der Waals surface area contributed by atoms with Crippen LogP contribution in [0.25, 0.3) is 22.4 Å². The Balaban J connectivity index is 1.36. The Morgan fingerprint density at radius 2 is 2.11 bits per heavy atom. The second kappa shape index (κ2) is 7.36. The van der Waals surface area contributed by atoms with E-state index in [0.29, 0.717) is 18.8 Å². The number of carbonyl (C=O) groups excluding carboxylic acids is 1. The molecule has 3 aromatic heterocycles. The van der Waals surface area contributed by atoms with Gasteiger partial charge in [0.15, 0.2) is 5.82 Å². The average molecular weight is 361 g/mol. The van der Waals surface area contributed by atoms with Crippen LogP contribution < -0.4 is 0 Å². The molecule has 1 amide bonds. The van der Waals surface area contributed by atoms with Crippen LogP contribution in [0, 0.1) is 0 Å². The molecule has 8 heteroatoms. The molecule has 0 saturated heterocycles. The molecule has 0 aliphatic rings. The van der Waals surface area contributed by atoms with E-state index in [1.807, 2.05) is 41.0 Å². The predicted molar refractivity (Wildman–Crippen MR) is 101 cm³/mol. The van der Waals surface area contributed by atoms with Gasteiger partial charge in [-0.05, 0) is 24.3 Å². The Kier molecular flexibility index (Phi) is 4.61. The average Bonchev–Trinajstić information content (AvgIpc) is 3.34. The van der Waals surface area contributed by atoms with Gasteiger partial charge in [0, 0.05) is 38.0 Å². The molecule has 1 N–H and O–H groups in total. The SMILES string of the molecule is CN(CCc1nc(-c2cccnc2)n[nH]1)C(=O)Cn1cnc2ccccc21. The van der Waals surface area contributed by atoms with Crippen molar-refractivity contribution in [1.82, 2.24) is 34.6 Å². The van der Waals surface area contributed by atoms with Crippen molar-refractivity contribution in [1.29, 1.82) is 0 Å². The Labute approximate surface area is 155 Å². The lowest BCUT2D eigenvalue weighted by molar-refractivity contribution is -0.130. The summed E-state index contributed by atoms with van der Waals surface area (Å²) in [6, 6.07) is 11.5. The first-order valence-electron chi connectivity index (χ1n) is 8.66. The number of aromatic amines is 1. The van der Waals surface area contributed by atoms with Crippen LogP contribution in [0.4, 0.5) is 0 Å². The molecule has 0 bridgehead atoms. The van der Waals surface area contributed by atoms with Crippen molar-refractivity contribution in [2.45, 2.75) is 13.0 Å². The van der Waals surface area contributed by atoms with E-state index < -0.39 is 0 Å². The summed E-state index contributed by atoms with van der Waals surface area (Å²) >= 11 is 0. The number of pyridine rings is 1. The molecule has 8 nitrogen and oxygen atoms in total. The highest BCUT2D eigenvalue weighted by molar-refractivity contribution is 5.80. The molecular weight excluding hydrogens is 342 g/mol. The van der Waals surface area contributed by atoms with E-state index in [4.69, 9.17) is 0 Å². The molecule has 0 aliphatic carbocycles. The van der Waals surface area contributed by atoms with Gasteiger partial charge in [0.05, 0.1) is 17.4 Å². The zero-order valence-corrected chi connectivity index (χ0v) is 14.9. The largest absolute Gasteiger partial charge is 0.344 e. The fraction of sp³-hybridized carbons (Fsp3) is 0.211. The van der Waals surface area contributed by atoms with Gasteiger partial charge in [0.2, 0.25) is 5.91 Å². The van der Waals surface area contributed by atoms with E-state index in [2.05, 4.69) is 25.1 Å². The van der Waals surface area contributed by atoms with Crippen LogP contribution in [-0.2, 0) is 17.8 Å². The third kappa shape index (κ3) is 3.69. The second-order valence-electron chi connectivity index (χ2n) is 6.27. The van der Waals surface area contributed by atoms with Gasteiger partial charge in [0.25, 0.3) is 0 Å². The van der Waals surface area contributed by atoms with Gasteiger partial charge in [-0.25, -0.2) is 9.97 Å². The number of carbonyl (C=O) groups is 1. The first-order chi connectivity index (χ1) is 13.2. The van der Waals surface area contributed by atoms with Gasteiger partial charge in [0.1, 0.15) is 12.4 Å². The molecule has 0 atom stereocenters. The van der Waals surface area contributed by atoms with Crippen molar-refractivity contribution < 1.29 is 4.79 Å². The van der Waals surface area contributed by atoms with Crippen molar-refractivity contribution in [3.63, 3.8) is 0 Å². The molecule has 27 heavy (non-hydrogen) atoms. The number of imidazole rings is 1. The van der Waals surface area contributed by atoms with Crippen molar-refractivity contribution in [3.05, 3.63) is 60.9 Å². The van der Waals surface area contributed by atoms with Crippen molar-refractivity contribution >= 4 is 16.9 Å². The van der Waals surface area contributed by atoms with Crippen LogP contribution in [-0.4, -0.2) is 54.1 Å². The smallest absolute Gasteiger partial charge is 0.242 e. The molecular formula is C19H19N7O. The maximum absolute atomic E-state index is 12.5. The minimum absolute atomic E-state index is 0.0187. The second-order valence-corrected chi connectivity index (χ2v) is 6.27. The minimum Gasteiger partial charge on any atom is -0.344 e. The summed E-state index contributed by atoms with van der Waals surface area (Å²) in [4.78, 5) is 27.1. The van der Waals surface area contributed by atoms with Crippen LogP contribution in [0.15, 0.2) is 55.1 Å². The zero-order chi connectivity index (χ0) is 18.6. The van der Waals surface area contributed by atoms with Gasteiger partial charge in [-0.1, -0.05) is 12.1 Å². The number of hydrogen-bond acceptors (Lipinski definition) is 5. The highest BCUT2D eigenvalue weighted by Gasteiger charge is 2.13. The predicted octanol–water partition coefficient (Wildman–Crippen LogP) is 1.92. The fourth-order valence-electron chi connectivity index (χ4n) is 2.83. The standard InChI is InChI=1S/C19H19N7O/c1-25(18(27)12-26-13-21-15-6-2-3-7-16(15)26)10-8-17-22-19(24-23-17)14-5-4-9-20-11-14/h2-7,9,11,13H,8,10,12H2,1H3,(H,22,23,24). The Morgan fingerprint density at radius 3 is 2.96 bits per heavy atom. The highest BCUT2D eigenvalue weighted by Crippen LogP contribution is 2.13. The minimum atomic E-state index is 0.0187.